The van der Waals surface area contributed by atoms with E-state index in [1.54, 1.807) is 0 Å². The fraction of sp³-hybridized carbons (Fsp3) is 0.214. The zero-order valence-corrected chi connectivity index (χ0v) is 19.5. The van der Waals surface area contributed by atoms with Crippen molar-refractivity contribution in [2.75, 3.05) is 6.54 Å². The first kappa shape index (κ1) is 24.8. The molecule has 3 aromatic carbocycles. The molecule has 0 aliphatic rings. The van der Waals surface area contributed by atoms with E-state index in [4.69, 9.17) is 15.2 Å². The summed E-state index contributed by atoms with van der Waals surface area (Å²) in [5, 5.41) is 18.4. The molecule has 4 heteroatoms. The van der Waals surface area contributed by atoms with Crippen LogP contribution >= 0.6 is 0 Å². The molecule has 0 saturated heterocycles. The van der Waals surface area contributed by atoms with Gasteiger partial charge in [0.1, 0.15) is 11.2 Å². The molecule has 0 spiro atoms. The maximum atomic E-state index is 7.06. The number of nitrogens with one attached hydrogen (secondary N) is 3. The monoisotopic (exact) mass is 427 g/mol. The summed E-state index contributed by atoms with van der Waals surface area (Å²) in [7, 11) is 0. The van der Waals surface area contributed by atoms with Crippen LogP contribution < -0.4 is 5.32 Å². The topological polar surface area (TPSA) is 72.9 Å². The van der Waals surface area contributed by atoms with E-state index in [1.165, 1.54) is 39.3 Å². The molecule has 0 saturated carbocycles. The van der Waals surface area contributed by atoms with Crippen LogP contribution in [0.1, 0.15) is 36.1 Å². The van der Waals surface area contributed by atoms with Crippen molar-refractivity contribution in [3.8, 4) is 0 Å². The molecule has 1 heterocycles. The van der Waals surface area contributed by atoms with Gasteiger partial charge in [0.15, 0.2) is 0 Å². The average molecular weight is 428 g/mol. The lowest BCUT2D eigenvalue weighted by atomic mass is 10.0. The normalized spacial score (nSPS) is 10.8. The van der Waals surface area contributed by atoms with Gasteiger partial charge in [-0.3, -0.25) is 0 Å². The number of fused-ring (bicyclic) bond motifs is 3. The molecule has 4 rings (SSSR count). The highest BCUT2D eigenvalue weighted by atomic mass is 16.3. The summed E-state index contributed by atoms with van der Waals surface area (Å²) >= 11 is 0. The number of furan rings is 1. The smallest absolute Gasteiger partial charge is 0.139 e. The molecule has 1 aromatic heterocycles. The molecule has 0 atom stereocenters. The van der Waals surface area contributed by atoms with Crippen LogP contribution in [0.5, 0.6) is 0 Å². The lowest BCUT2D eigenvalue weighted by Gasteiger charge is -2.05. The van der Waals surface area contributed by atoms with E-state index < -0.39 is 0 Å². The summed E-state index contributed by atoms with van der Waals surface area (Å²) in [5.74, 6) is 0. The number of para-hydroxylation sites is 2. The molecule has 32 heavy (non-hydrogen) atoms. The van der Waals surface area contributed by atoms with E-state index >= 15 is 0 Å². The third kappa shape index (κ3) is 6.02. The zero-order chi connectivity index (χ0) is 23.5. The quantitative estimate of drug-likeness (QED) is 0.232. The SMILES string of the molecule is C/C=C(\C)CNCc1cccc2c1oc1ccccc12.C=N.Cc1cccc(C=N)c1C. The van der Waals surface area contributed by atoms with Crippen LogP contribution in [0.3, 0.4) is 0 Å². The Morgan fingerprint density at radius 2 is 1.66 bits per heavy atom. The highest BCUT2D eigenvalue weighted by Gasteiger charge is 2.09. The van der Waals surface area contributed by atoms with Crippen molar-refractivity contribution in [1.82, 2.24) is 5.32 Å². The maximum Gasteiger partial charge on any atom is 0.139 e. The second-order valence-electron chi connectivity index (χ2n) is 7.56. The van der Waals surface area contributed by atoms with Crippen LogP contribution in [0.2, 0.25) is 0 Å². The number of aryl methyl sites for hydroxylation is 1. The van der Waals surface area contributed by atoms with Gasteiger partial charge in [-0.05, 0) is 57.2 Å². The van der Waals surface area contributed by atoms with E-state index in [-0.39, 0.29) is 0 Å². The maximum absolute atomic E-state index is 7.06. The summed E-state index contributed by atoms with van der Waals surface area (Å²) in [6, 6.07) is 20.5. The Labute approximate surface area is 191 Å². The second-order valence-corrected chi connectivity index (χ2v) is 7.56. The molecule has 3 N–H and O–H groups in total. The van der Waals surface area contributed by atoms with Crippen molar-refractivity contribution in [2.45, 2.75) is 34.2 Å². The molecule has 4 nitrogen and oxygen atoms in total. The first-order valence-corrected chi connectivity index (χ1v) is 10.7. The van der Waals surface area contributed by atoms with Crippen molar-refractivity contribution >= 4 is 34.9 Å². The zero-order valence-electron chi connectivity index (χ0n) is 19.5. The number of rotatable bonds is 5. The van der Waals surface area contributed by atoms with E-state index in [0.29, 0.717) is 0 Å². The van der Waals surface area contributed by atoms with Gasteiger partial charge >= 0.3 is 0 Å². The minimum Gasteiger partial charge on any atom is -0.456 e. The Balaban J connectivity index is 0.000000255. The Bertz CT molecular complexity index is 1200. The fourth-order valence-corrected chi connectivity index (χ4v) is 3.37. The van der Waals surface area contributed by atoms with Gasteiger partial charge in [0.2, 0.25) is 0 Å². The summed E-state index contributed by atoms with van der Waals surface area (Å²) < 4.78 is 6.01. The number of hydrogen-bond acceptors (Lipinski definition) is 4. The van der Waals surface area contributed by atoms with E-state index in [2.05, 4.69) is 75.3 Å². The van der Waals surface area contributed by atoms with Crippen molar-refractivity contribution in [2.24, 2.45) is 0 Å². The summed E-state index contributed by atoms with van der Waals surface area (Å²) in [6.07, 6.45) is 3.52. The minimum absolute atomic E-state index is 0.822. The molecule has 4 aromatic rings. The minimum atomic E-state index is 0.822. The Morgan fingerprint density at radius 1 is 0.969 bits per heavy atom. The Morgan fingerprint density at radius 3 is 2.34 bits per heavy atom. The molecule has 0 bridgehead atoms. The lowest BCUT2D eigenvalue weighted by Crippen LogP contribution is -2.15. The van der Waals surface area contributed by atoms with Crippen LogP contribution in [0, 0.1) is 24.7 Å². The van der Waals surface area contributed by atoms with E-state index in [9.17, 15) is 0 Å². The molecule has 0 aliphatic carbocycles. The van der Waals surface area contributed by atoms with Crippen molar-refractivity contribution in [1.29, 1.82) is 10.8 Å². The van der Waals surface area contributed by atoms with Crippen molar-refractivity contribution in [3.63, 3.8) is 0 Å². The summed E-state index contributed by atoms with van der Waals surface area (Å²) in [5.41, 5.74) is 7.99. The van der Waals surface area contributed by atoms with Crippen LogP contribution in [-0.2, 0) is 6.54 Å². The van der Waals surface area contributed by atoms with E-state index in [1.807, 2.05) is 31.2 Å². The van der Waals surface area contributed by atoms with Gasteiger partial charge < -0.3 is 20.6 Å². The number of benzene rings is 3. The predicted octanol–water partition coefficient (Wildman–Crippen LogP) is 7.21. The molecule has 0 amide bonds. The van der Waals surface area contributed by atoms with Gasteiger partial charge in [0, 0.05) is 35.6 Å². The van der Waals surface area contributed by atoms with Gasteiger partial charge in [-0.1, -0.05) is 66.2 Å². The summed E-state index contributed by atoms with van der Waals surface area (Å²) in [6.45, 7) is 12.5. The Kier molecular flexibility index (Phi) is 9.58. The molecule has 0 radical (unpaired) electrons. The average Bonchev–Trinajstić information content (AvgIpc) is 3.22. The second kappa shape index (κ2) is 12.4. The van der Waals surface area contributed by atoms with Gasteiger partial charge in [0.25, 0.3) is 0 Å². The molecule has 0 aliphatic heterocycles. The molecular weight excluding hydrogens is 394 g/mol. The molecule has 0 unspecified atom stereocenters. The van der Waals surface area contributed by atoms with Crippen molar-refractivity contribution in [3.05, 3.63) is 94.6 Å². The lowest BCUT2D eigenvalue weighted by molar-refractivity contribution is 0.652. The van der Waals surface area contributed by atoms with Crippen LogP contribution in [0.15, 0.2) is 76.7 Å². The first-order valence-electron chi connectivity index (χ1n) is 10.7. The van der Waals surface area contributed by atoms with Crippen LogP contribution in [0.25, 0.3) is 21.9 Å². The number of allylic oxidation sites excluding steroid dienone is 1. The van der Waals surface area contributed by atoms with Gasteiger partial charge in [-0.2, -0.15) is 0 Å². The van der Waals surface area contributed by atoms with Crippen LogP contribution in [-0.4, -0.2) is 19.5 Å². The van der Waals surface area contributed by atoms with Gasteiger partial charge in [-0.25, -0.2) is 0 Å². The molecular formula is C28H33N3O. The largest absolute Gasteiger partial charge is 0.456 e. The Hall–Kier alpha value is -3.50. The molecule has 166 valence electrons. The van der Waals surface area contributed by atoms with E-state index in [0.717, 1.165) is 29.8 Å². The fourth-order valence-electron chi connectivity index (χ4n) is 3.37. The van der Waals surface area contributed by atoms with Gasteiger partial charge in [-0.15, -0.1) is 0 Å². The highest BCUT2D eigenvalue weighted by molar-refractivity contribution is 6.05. The highest BCUT2D eigenvalue weighted by Crippen LogP contribution is 2.30. The number of hydrogen-bond donors (Lipinski definition) is 3. The third-order valence-electron chi connectivity index (χ3n) is 5.50. The summed E-state index contributed by atoms with van der Waals surface area (Å²) in [4.78, 5) is 0. The third-order valence-corrected chi connectivity index (χ3v) is 5.50. The van der Waals surface area contributed by atoms with Gasteiger partial charge in [0.05, 0.1) is 0 Å². The standard InChI is InChI=1S/C18H19NO.C9H11N.CH3N/c1-3-13(2)11-19-12-14-7-6-9-16-15-8-4-5-10-17(15)20-18(14)16;1-7-4-3-5-9(6-10)8(7)2;1-2/h3-10,19H,11-12H2,1-2H3;3-6,10H,1-2H3;2H,1H2/b13-3+;;. The first-order chi connectivity index (χ1) is 15.5. The molecule has 0 fully saturated rings. The van der Waals surface area contributed by atoms with Crippen molar-refractivity contribution < 1.29 is 4.42 Å². The van der Waals surface area contributed by atoms with Crippen LogP contribution in [0.4, 0.5) is 0 Å². The predicted molar refractivity (Wildman–Crippen MR) is 139 cm³/mol.